The van der Waals surface area contributed by atoms with Gasteiger partial charge in [-0.1, -0.05) is 37.7 Å². The number of nitrogens with zero attached hydrogens (tertiary/aromatic N) is 5. The fraction of sp³-hybridized carbons (Fsp3) is 0.522. The highest BCUT2D eigenvalue weighted by molar-refractivity contribution is 6.76. The number of fused-ring (bicyclic) bond motifs is 3. The number of carbonyl (C=O) groups is 1. The molecule has 2 aliphatic rings. The van der Waals surface area contributed by atoms with Crippen LogP contribution in [0.1, 0.15) is 42.6 Å². The first-order chi connectivity index (χ1) is 16.7. The average molecular weight is 516 g/mol. The van der Waals surface area contributed by atoms with E-state index in [1.807, 2.05) is 4.57 Å². The topological polar surface area (TPSA) is 116 Å². The van der Waals surface area contributed by atoms with Crippen molar-refractivity contribution < 1.29 is 9.53 Å². The third-order valence-electron chi connectivity index (χ3n) is 6.71. The molecule has 4 heterocycles. The van der Waals surface area contributed by atoms with Gasteiger partial charge in [-0.2, -0.15) is 0 Å². The van der Waals surface area contributed by atoms with Crippen LogP contribution in [0.4, 0.5) is 11.5 Å². The zero-order valence-corrected chi connectivity index (χ0v) is 22.0. The number of nitrogens with one attached hydrogen (secondary N) is 2. The number of imidazole rings is 1. The highest BCUT2D eigenvalue weighted by Gasteiger charge is 2.45. The first-order valence-corrected chi connectivity index (χ1v) is 16.1. The number of hydrogen-bond donors (Lipinski definition) is 2. The maximum absolute atomic E-state index is 13.7. The zero-order chi connectivity index (χ0) is 24.8. The predicted molar refractivity (Wildman–Crippen MR) is 137 cm³/mol. The van der Waals surface area contributed by atoms with Crippen LogP contribution in [0.3, 0.4) is 0 Å². The Morgan fingerprint density at radius 3 is 2.69 bits per heavy atom. The third kappa shape index (κ3) is 4.48. The Bertz CT molecular complexity index is 1340. The minimum atomic E-state index is -1.20. The molecule has 1 spiro atoms. The fourth-order valence-electron chi connectivity index (χ4n) is 4.87. The second-order valence-corrected chi connectivity index (χ2v) is 16.6. The van der Waals surface area contributed by atoms with Crippen LogP contribution in [0.5, 0.6) is 0 Å². The van der Waals surface area contributed by atoms with Crippen molar-refractivity contribution in [3.63, 3.8) is 0 Å². The van der Waals surface area contributed by atoms with Crippen molar-refractivity contribution >= 4 is 48.3 Å². The number of aromatic nitrogens is 5. The summed E-state index contributed by atoms with van der Waals surface area (Å²) in [6.07, 6.45) is 7.40. The van der Waals surface area contributed by atoms with Crippen LogP contribution in [0, 0.1) is 0 Å². The molecule has 12 heteroatoms. The van der Waals surface area contributed by atoms with Crippen LogP contribution >= 0.6 is 11.6 Å². The normalized spacial score (nSPS) is 17.1. The number of halogens is 1. The SMILES string of the molecule is C[Si](C)(C)CCOCn1cnc2ncnc(Nc3cc(Cl)c4n(c3=O)C3(CCCCC3)NC4=O)c21. The number of rotatable bonds is 7. The van der Waals surface area contributed by atoms with E-state index in [0.717, 1.165) is 25.3 Å². The lowest BCUT2D eigenvalue weighted by atomic mass is 9.89. The maximum atomic E-state index is 13.7. The van der Waals surface area contributed by atoms with Crippen LogP contribution in [-0.4, -0.2) is 44.7 Å². The molecule has 0 aromatic carbocycles. The fourth-order valence-corrected chi connectivity index (χ4v) is 5.91. The summed E-state index contributed by atoms with van der Waals surface area (Å²) in [6, 6.07) is 2.55. The molecule has 1 saturated carbocycles. The maximum Gasteiger partial charge on any atom is 0.276 e. The van der Waals surface area contributed by atoms with E-state index in [9.17, 15) is 9.59 Å². The van der Waals surface area contributed by atoms with Gasteiger partial charge in [0.2, 0.25) is 0 Å². The monoisotopic (exact) mass is 515 g/mol. The molecule has 1 aliphatic carbocycles. The molecule has 5 rings (SSSR count). The van der Waals surface area contributed by atoms with E-state index in [1.165, 1.54) is 12.4 Å². The summed E-state index contributed by atoms with van der Waals surface area (Å²) < 4.78 is 9.27. The molecule has 1 fully saturated rings. The smallest absolute Gasteiger partial charge is 0.276 e. The predicted octanol–water partition coefficient (Wildman–Crippen LogP) is 4.06. The summed E-state index contributed by atoms with van der Waals surface area (Å²) in [7, 11) is -1.20. The number of anilines is 2. The summed E-state index contributed by atoms with van der Waals surface area (Å²) in [6.45, 7) is 7.88. The molecule has 0 unspecified atom stereocenters. The van der Waals surface area contributed by atoms with Crippen molar-refractivity contribution in [2.75, 3.05) is 11.9 Å². The standard InChI is InChI=1S/C23H30ClN7O3Si/c1-35(2,3)10-9-34-14-30-13-27-19-18(30)20(26-12-25-19)28-16-11-15(24)17-21(32)29-23(31(17)22(16)33)7-5-4-6-8-23/h11-13H,4-10,14H2,1-3H3,(H,29,32)(H,25,26,28). The first kappa shape index (κ1) is 24.0. The van der Waals surface area contributed by atoms with Crippen LogP contribution in [0.2, 0.25) is 30.7 Å². The second kappa shape index (κ2) is 9.03. The summed E-state index contributed by atoms with van der Waals surface area (Å²) in [5.74, 6) is 0.114. The van der Waals surface area contributed by atoms with E-state index in [-0.39, 0.29) is 27.9 Å². The molecule has 1 aliphatic heterocycles. The number of pyridine rings is 1. The Labute approximate surface area is 209 Å². The molecule has 0 saturated heterocycles. The Balaban J connectivity index is 1.49. The summed E-state index contributed by atoms with van der Waals surface area (Å²) in [5.41, 5.74) is 0.544. The van der Waals surface area contributed by atoms with E-state index in [2.05, 4.69) is 45.2 Å². The van der Waals surface area contributed by atoms with Gasteiger partial charge in [0.05, 0.1) is 11.3 Å². The van der Waals surface area contributed by atoms with Gasteiger partial charge in [0, 0.05) is 14.7 Å². The quantitative estimate of drug-likeness (QED) is 0.360. The largest absolute Gasteiger partial charge is 0.361 e. The Kier molecular flexibility index (Phi) is 6.18. The summed E-state index contributed by atoms with van der Waals surface area (Å²) in [5, 5.41) is 6.41. The van der Waals surface area contributed by atoms with Gasteiger partial charge in [0.1, 0.15) is 35.6 Å². The van der Waals surface area contributed by atoms with Gasteiger partial charge in [0.15, 0.2) is 11.5 Å². The number of ether oxygens (including phenoxy) is 1. The Hall–Kier alpha value is -2.76. The lowest BCUT2D eigenvalue weighted by molar-refractivity contribution is 0.0876. The molecule has 0 atom stereocenters. The molecule has 2 N–H and O–H groups in total. The Morgan fingerprint density at radius 2 is 1.94 bits per heavy atom. The van der Waals surface area contributed by atoms with E-state index >= 15 is 0 Å². The van der Waals surface area contributed by atoms with Gasteiger partial charge in [0.25, 0.3) is 11.5 Å². The number of amides is 1. The van der Waals surface area contributed by atoms with Crippen LogP contribution in [-0.2, 0) is 17.1 Å². The molecule has 186 valence electrons. The minimum Gasteiger partial charge on any atom is -0.361 e. The summed E-state index contributed by atoms with van der Waals surface area (Å²) >= 11 is 6.53. The van der Waals surface area contributed by atoms with Crippen molar-refractivity contribution in [1.29, 1.82) is 0 Å². The third-order valence-corrected chi connectivity index (χ3v) is 8.71. The van der Waals surface area contributed by atoms with Crippen LogP contribution in [0.25, 0.3) is 11.2 Å². The molecule has 10 nitrogen and oxygen atoms in total. The van der Waals surface area contributed by atoms with Gasteiger partial charge in [-0.3, -0.25) is 14.2 Å². The van der Waals surface area contributed by atoms with Gasteiger partial charge in [-0.15, -0.1) is 0 Å². The second-order valence-electron chi connectivity index (χ2n) is 10.5. The number of carbonyl (C=O) groups excluding carboxylic acids is 1. The van der Waals surface area contributed by atoms with Gasteiger partial charge >= 0.3 is 0 Å². The highest BCUT2D eigenvalue weighted by Crippen LogP contribution is 2.38. The van der Waals surface area contributed by atoms with Crippen LogP contribution < -0.4 is 16.2 Å². The lowest BCUT2D eigenvalue weighted by Gasteiger charge is -2.35. The first-order valence-electron chi connectivity index (χ1n) is 12.0. The molecular weight excluding hydrogens is 486 g/mol. The van der Waals surface area contributed by atoms with Gasteiger partial charge in [-0.25, -0.2) is 15.0 Å². The van der Waals surface area contributed by atoms with Crippen molar-refractivity contribution in [1.82, 2.24) is 29.4 Å². The van der Waals surface area contributed by atoms with Gasteiger partial charge < -0.3 is 19.9 Å². The van der Waals surface area contributed by atoms with Crippen molar-refractivity contribution in [2.24, 2.45) is 0 Å². The molecular formula is C23H30ClN7O3Si. The minimum absolute atomic E-state index is 0.220. The summed E-state index contributed by atoms with van der Waals surface area (Å²) in [4.78, 5) is 39.4. The average Bonchev–Trinajstić information content (AvgIpc) is 3.34. The Morgan fingerprint density at radius 1 is 1.17 bits per heavy atom. The van der Waals surface area contributed by atoms with Gasteiger partial charge in [-0.05, 0) is 37.8 Å². The number of hydrogen-bond acceptors (Lipinski definition) is 7. The highest BCUT2D eigenvalue weighted by atomic mass is 35.5. The van der Waals surface area contributed by atoms with Crippen molar-refractivity contribution in [2.45, 2.75) is 70.2 Å². The molecule has 0 bridgehead atoms. The van der Waals surface area contributed by atoms with E-state index in [0.29, 0.717) is 43.2 Å². The van der Waals surface area contributed by atoms with E-state index in [1.54, 1.807) is 10.9 Å². The van der Waals surface area contributed by atoms with E-state index in [4.69, 9.17) is 16.3 Å². The molecule has 35 heavy (non-hydrogen) atoms. The van der Waals surface area contributed by atoms with Crippen LogP contribution in [0.15, 0.2) is 23.5 Å². The molecule has 0 radical (unpaired) electrons. The molecule has 1 amide bonds. The van der Waals surface area contributed by atoms with Crippen molar-refractivity contribution in [3.05, 3.63) is 39.8 Å². The van der Waals surface area contributed by atoms with E-state index < -0.39 is 13.7 Å². The molecule has 3 aromatic heterocycles. The zero-order valence-electron chi connectivity index (χ0n) is 20.2. The lowest BCUT2D eigenvalue weighted by Crippen LogP contribution is -2.48. The molecule has 3 aromatic rings. The van der Waals surface area contributed by atoms with Crippen molar-refractivity contribution in [3.8, 4) is 0 Å².